The lowest BCUT2D eigenvalue weighted by Crippen LogP contribution is -2.08. The summed E-state index contributed by atoms with van der Waals surface area (Å²) in [4.78, 5) is 27.3. The van der Waals surface area contributed by atoms with Crippen LogP contribution in [0.5, 0.6) is 5.75 Å². The van der Waals surface area contributed by atoms with Gasteiger partial charge in [-0.2, -0.15) is 0 Å². The fourth-order valence-electron chi connectivity index (χ4n) is 2.83. The number of nitrogens with one attached hydrogen (secondary N) is 1. The number of phenols is 1. The van der Waals surface area contributed by atoms with Gasteiger partial charge < -0.3 is 10.1 Å². The SMILES string of the molecule is O=c1cc2cc[nH]c3c(=O)c4ccccc4c(c1O)c23. The van der Waals surface area contributed by atoms with E-state index in [1.54, 1.807) is 36.5 Å². The minimum absolute atomic E-state index is 0.128. The highest BCUT2D eigenvalue weighted by Gasteiger charge is 2.16. The molecule has 0 saturated carbocycles. The first-order chi connectivity index (χ1) is 9.68. The molecule has 0 atom stereocenters. The van der Waals surface area contributed by atoms with E-state index >= 15 is 0 Å². The molecule has 4 aromatic rings. The van der Waals surface area contributed by atoms with Crippen molar-refractivity contribution in [2.45, 2.75) is 0 Å². The van der Waals surface area contributed by atoms with Crippen LogP contribution in [-0.2, 0) is 0 Å². The molecule has 0 amide bonds. The first-order valence-electron chi connectivity index (χ1n) is 6.20. The average molecular weight is 263 g/mol. The minimum Gasteiger partial charge on any atom is -0.504 e. The van der Waals surface area contributed by atoms with Crippen molar-refractivity contribution in [2.24, 2.45) is 0 Å². The molecule has 1 aromatic heterocycles. The smallest absolute Gasteiger partial charge is 0.221 e. The number of pyridine rings is 1. The lowest BCUT2D eigenvalue weighted by Gasteiger charge is -2.09. The second-order valence-corrected chi connectivity index (χ2v) is 4.79. The highest BCUT2D eigenvalue weighted by molar-refractivity contribution is 6.22. The van der Waals surface area contributed by atoms with E-state index in [0.29, 0.717) is 32.4 Å². The number of rotatable bonds is 0. The average Bonchev–Trinajstić information content (AvgIpc) is 2.47. The van der Waals surface area contributed by atoms with Gasteiger partial charge in [0.25, 0.3) is 0 Å². The summed E-state index contributed by atoms with van der Waals surface area (Å²) in [6.07, 6.45) is 1.63. The Kier molecular flexibility index (Phi) is 1.96. The van der Waals surface area contributed by atoms with Gasteiger partial charge in [-0.3, -0.25) is 9.59 Å². The van der Waals surface area contributed by atoms with Crippen LogP contribution in [0.15, 0.2) is 52.2 Å². The van der Waals surface area contributed by atoms with Gasteiger partial charge in [0.2, 0.25) is 10.9 Å². The Morgan fingerprint density at radius 3 is 2.50 bits per heavy atom. The molecular formula is C16H9NO3. The summed E-state index contributed by atoms with van der Waals surface area (Å²) >= 11 is 0. The highest BCUT2D eigenvalue weighted by atomic mass is 16.3. The number of H-pyrrole nitrogens is 1. The molecule has 0 fully saturated rings. The lowest BCUT2D eigenvalue weighted by molar-refractivity contribution is 0.477. The van der Waals surface area contributed by atoms with Crippen LogP contribution in [0.4, 0.5) is 0 Å². The van der Waals surface area contributed by atoms with Crippen LogP contribution in [-0.4, -0.2) is 10.1 Å². The molecule has 20 heavy (non-hydrogen) atoms. The summed E-state index contributed by atoms with van der Waals surface area (Å²) < 4.78 is 0. The van der Waals surface area contributed by atoms with E-state index in [1.807, 2.05) is 0 Å². The molecule has 0 aliphatic carbocycles. The van der Waals surface area contributed by atoms with E-state index in [1.165, 1.54) is 6.07 Å². The molecular weight excluding hydrogens is 254 g/mol. The Hall–Kier alpha value is -2.88. The van der Waals surface area contributed by atoms with E-state index in [4.69, 9.17) is 0 Å². The van der Waals surface area contributed by atoms with Gasteiger partial charge in [0.05, 0.1) is 5.52 Å². The van der Waals surface area contributed by atoms with Crippen molar-refractivity contribution in [3.8, 4) is 5.75 Å². The first-order valence-corrected chi connectivity index (χ1v) is 6.20. The van der Waals surface area contributed by atoms with E-state index in [2.05, 4.69) is 4.98 Å². The molecule has 0 radical (unpaired) electrons. The quantitative estimate of drug-likeness (QED) is 0.378. The largest absolute Gasteiger partial charge is 0.504 e. The minimum atomic E-state index is -0.436. The maximum atomic E-state index is 12.5. The molecule has 4 heteroatoms. The van der Waals surface area contributed by atoms with Crippen molar-refractivity contribution in [2.75, 3.05) is 0 Å². The number of aromatic amines is 1. The van der Waals surface area contributed by atoms with Gasteiger partial charge in [-0.15, -0.1) is 0 Å². The van der Waals surface area contributed by atoms with Crippen LogP contribution < -0.4 is 10.9 Å². The van der Waals surface area contributed by atoms with Crippen molar-refractivity contribution in [1.82, 2.24) is 4.98 Å². The lowest BCUT2D eigenvalue weighted by atomic mass is 9.97. The molecule has 0 aliphatic heterocycles. The van der Waals surface area contributed by atoms with Crippen LogP contribution in [0.3, 0.4) is 0 Å². The monoisotopic (exact) mass is 263 g/mol. The Balaban J connectivity index is 2.57. The summed E-state index contributed by atoms with van der Waals surface area (Å²) in [5.74, 6) is -0.307. The summed E-state index contributed by atoms with van der Waals surface area (Å²) in [5.41, 5.74) is -0.156. The van der Waals surface area contributed by atoms with E-state index in [9.17, 15) is 14.7 Å². The van der Waals surface area contributed by atoms with Crippen LogP contribution in [0.25, 0.3) is 32.4 Å². The standard InChI is InChI=1S/C16H9NO3/c18-11-7-8-5-6-17-14-12(8)13(16(11)20)9-3-1-2-4-10(9)15(14)19/h1-7,17,20H. The Morgan fingerprint density at radius 1 is 0.950 bits per heavy atom. The molecule has 96 valence electrons. The number of hydrogen-bond donors (Lipinski definition) is 2. The number of aromatic nitrogens is 1. The van der Waals surface area contributed by atoms with Crippen LogP contribution in [0.2, 0.25) is 0 Å². The molecule has 0 bridgehead atoms. The summed E-state index contributed by atoms with van der Waals surface area (Å²) in [6.45, 7) is 0. The third-order valence-electron chi connectivity index (χ3n) is 3.70. The topological polar surface area (TPSA) is 70.2 Å². The molecule has 4 rings (SSSR count). The molecule has 0 unspecified atom stereocenters. The molecule has 3 aromatic carbocycles. The van der Waals surface area contributed by atoms with Crippen LogP contribution in [0, 0.1) is 0 Å². The first kappa shape index (κ1) is 11.0. The van der Waals surface area contributed by atoms with Crippen molar-refractivity contribution in [1.29, 1.82) is 0 Å². The number of benzene rings is 3. The second-order valence-electron chi connectivity index (χ2n) is 4.79. The molecule has 0 saturated heterocycles. The summed E-state index contributed by atoms with van der Waals surface area (Å²) in [7, 11) is 0. The predicted octanol–water partition coefficient (Wildman–Crippen LogP) is 2.34. The molecule has 4 nitrogen and oxygen atoms in total. The fraction of sp³-hybridized carbons (Fsp3) is 0. The van der Waals surface area contributed by atoms with Crippen LogP contribution in [0.1, 0.15) is 0 Å². The van der Waals surface area contributed by atoms with Gasteiger partial charge in [-0.25, -0.2) is 0 Å². The molecule has 0 aliphatic rings. The van der Waals surface area contributed by atoms with Gasteiger partial charge in [-0.05, 0) is 22.9 Å². The maximum Gasteiger partial charge on any atom is 0.221 e. The molecule has 1 heterocycles. The maximum absolute atomic E-state index is 12.5. The van der Waals surface area contributed by atoms with E-state index in [0.717, 1.165) is 0 Å². The zero-order valence-corrected chi connectivity index (χ0v) is 10.3. The zero-order valence-electron chi connectivity index (χ0n) is 10.3. The molecule has 2 N–H and O–H groups in total. The summed E-state index contributed by atoms with van der Waals surface area (Å²) in [5, 5.41) is 12.9. The fourth-order valence-corrected chi connectivity index (χ4v) is 2.83. The van der Waals surface area contributed by atoms with Crippen molar-refractivity contribution < 1.29 is 5.11 Å². The van der Waals surface area contributed by atoms with Gasteiger partial charge in [0.15, 0.2) is 5.75 Å². The van der Waals surface area contributed by atoms with E-state index in [-0.39, 0.29) is 11.2 Å². The van der Waals surface area contributed by atoms with Gasteiger partial charge in [-0.1, -0.05) is 24.3 Å². The van der Waals surface area contributed by atoms with Crippen molar-refractivity contribution in [3.05, 3.63) is 63.0 Å². The van der Waals surface area contributed by atoms with Crippen molar-refractivity contribution >= 4 is 32.4 Å². The molecule has 0 spiro atoms. The van der Waals surface area contributed by atoms with Gasteiger partial charge in [0, 0.05) is 22.4 Å². The Bertz CT molecular complexity index is 1100. The number of phenolic OH excluding ortho intramolecular Hbond substituents is 1. The second kappa shape index (κ2) is 3.57. The Labute approximate surface area is 112 Å². The highest BCUT2D eigenvalue weighted by Crippen LogP contribution is 2.33. The van der Waals surface area contributed by atoms with E-state index < -0.39 is 5.43 Å². The predicted molar refractivity (Wildman–Crippen MR) is 78.7 cm³/mol. The van der Waals surface area contributed by atoms with Crippen molar-refractivity contribution in [3.63, 3.8) is 0 Å². The van der Waals surface area contributed by atoms with Gasteiger partial charge >= 0.3 is 0 Å². The van der Waals surface area contributed by atoms with Gasteiger partial charge in [0.1, 0.15) is 0 Å². The Morgan fingerprint density at radius 2 is 1.70 bits per heavy atom. The zero-order chi connectivity index (χ0) is 13.9. The summed E-state index contributed by atoms with van der Waals surface area (Å²) in [6, 6.07) is 10.1. The third kappa shape index (κ3) is 1.20. The number of hydrogen-bond acceptors (Lipinski definition) is 3. The normalized spacial score (nSPS) is 11.6. The number of fused-ring (bicyclic) bond motifs is 2. The van der Waals surface area contributed by atoms with Crippen LogP contribution >= 0.6 is 0 Å². The number of aromatic hydroxyl groups is 1. The third-order valence-corrected chi connectivity index (χ3v) is 3.70.